The molecule has 0 spiro atoms. The van der Waals surface area contributed by atoms with E-state index in [0.29, 0.717) is 0 Å². The lowest BCUT2D eigenvalue weighted by molar-refractivity contribution is 0.0382. The molecule has 0 aliphatic carbocycles. The molecule has 4 nitrogen and oxygen atoms in total. The van der Waals surface area contributed by atoms with Gasteiger partial charge in [0.25, 0.3) is 5.91 Å². The van der Waals surface area contributed by atoms with Gasteiger partial charge in [-0.05, 0) is 25.0 Å². The Labute approximate surface area is 112 Å². The van der Waals surface area contributed by atoms with Crippen LogP contribution in [0, 0.1) is 6.92 Å². The molecule has 18 heavy (non-hydrogen) atoms. The summed E-state index contributed by atoms with van der Waals surface area (Å²) in [7, 11) is 3.23. The van der Waals surface area contributed by atoms with Crippen LogP contribution in [0.4, 0.5) is 0 Å². The van der Waals surface area contributed by atoms with E-state index in [2.05, 4.69) is 6.92 Å². The number of ether oxygens (including phenoxy) is 1. The third-order valence-corrected chi connectivity index (χ3v) is 4.11. The first-order valence-electron chi connectivity index (χ1n) is 6.01. The molecule has 0 aromatic carbocycles. The summed E-state index contributed by atoms with van der Waals surface area (Å²) in [5.41, 5.74) is 1.16. The second-order valence-electron chi connectivity index (χ2n) is 4.37. The van der Waals surface area contributed by atoms with Gasteiger partial charge in [-0.25, -0.2) is 0 Å². The van der Waals surface area contributed by atoms with Gasteiger partial charge in [0, 0.05) is 25.6 Å². The van der Waals surface area contributed by atoms with Crippen molar-refractivity contribution in [1.82, 2.24) is 4.90 Å². The Kier molecular flexibility index (Phi) is 5.78. The molecule has 0 saturated heterocycles. The molecule has 5 heteroatoms. The average Bonchev–Trinajstić information content (AvgIpc) is 2.69. The normalized spacial score (nSPS) is 12.5. The summed E-state index contributed by atoms with van der Waals surface area (Å²) in [6.45, 7) is 4.62. The van der Waals surface area contributed by atoms with Crippen LogP contribution in [0.25, 0.3) is 0 Å². The third-order valence-electron chi connectivity index (χ3n) is 2.74. The SMILES string of the molecule is CCc1sc(C(=O)N(C)CC(O)COC)cc1C. The van der Waals surface area contributed by atoms with E-state index in [1.165, 1.54) is 28.2 Å². The van der Waals surface area contributed by atoms with Crippen LogP contribution in [0.2, 0.25) is 0 Å². The van der Waals surface area contributed by atoms with Gasteiger partial charge < -0.3 is 14.7 Å². The number of carbonyl (C=O) groups is 1. The van der Waals surface area contributed by atoms with E-state index in [-0.39, 0.29) is 19.1 Å². The molecule has 1 rings (SSSR count). The van der Waals surface area contributed by atoms with E-state index in [0.717, 1.165) is 16.9 Å². The van der Waals surface area contributed by atoms with Crippen molar-refractivity contribution in [1.29, 1.82) is 0 Å². The number of aliphatic hydroxyl groups excluding tert-OH is 1. The molecule has 1 aromatic rings. The lowest BCUT2D eigenvalue weighted by Gasteiger charge is -2.19. The third kappa shape index (κ3) is 3.80. The molecule has 1 unspecified atom stereocenters. The quantitative estimate of drug-likeness (QED) is 0.856. The van der Waals surface area contributed by atoms with Crippen LogP contribution >= 0.6 is 11.3 Å². The monoisotopic (exact) mass is 271 g/mol. The first-order chi connectivity index (χ1) is 8.49. The number of nitrogens with zero attached hydrogens (tertiary/aromatic N) is 1. The second kappa shape index (κ2) is 6.87. The van der Waals surface area contributed by atoms with Crippen LogP contribution in [0.3, 0.4) is 0 Å². The van der Waals surface area contributed by atoms with Crippen molar-refractivity contribution in [2.24, 2.45) is 0 Å². The van der Waals surface area contributed by atoms with Crippen LogP contribution in [0.15, 0.2) is 6.07 Å². The Hall–Kier alpha value is -0.910. The van der Waals surface area contributed by atoms with Crippen molar-refractivity contribution in [3.8, 4) is 0 Å². The van der Waals surface area contributed by atoms with Crippen molar-refractivity contribution in [2.75, 3.05) is 27.3 Å². The summed E-state index contributed by atoms with van der Waals surface area (Å²) in [5.74, 6) is -0.0436. The molecule has 1 amide bonds. The largest absolute Gasteiger partial charge is 0.389 e. The average molecular weight is 271 g/mol. The zero-order chi connectivity index (χ0) is 13.7. The molecular weight excluding hydrogens is 250 g/mol. The minimum absolute atomic E-state index is 0.0436. The van der Waals surface area contributed by atoms with Crippen molar-refractivity contribution in [3.05, 3.63) is 21.4 Å². The zero-order valence-electron chi connectivity index (χ0n) is 11.4. The summed E-state index contributed by atoms with van der Waals surface area (Å²) in [5, 5.41) is 9.61. The molecule has 0 aliphatic heterocycles. The van der Waals surface area contributed by atoms with Gasteiger partial charge in [-0.1, -0.05) is 6.92 Å². The first-order valence-corrected chi connectivity index (χ1v) is 6.83. The summed E-state index contributed by atoms with van der Waals surface area (Å²) in [6, 6.07) is 1.92. The molecular formula is C13H21NO3S. The molecule has 102 valence electrons. The van der Waals surface area contributed by atoms with Crippen LogP contribution in [0.1, 0.15) is 27.0 Å². The molecule has 0 saturated carbocycles. The predicted octanol–water partition coefficient (Wildman–Crippen LogP) is 1.70. The number of thiophene rings is 1. The Morgan fingerprint density at radius 3 is 2.78 bits per heavy atom. The number of carbonyl (C=O) groups excluding carboxylic acids is 1. The van der Waals surface area contributed by atoms with Crippen LogP contribution in [0.5, 0.6) is 0 Å². The second-order valence-corrected chi connectivity index (χ2v) is 5.50. The first kappa shape index (κ1) is 15.1. The summed E-state index contributed by atoms with van der Waals surface area (Å²) >= 11 is 1.53. The Bertz CT molecular complexity index is 403. The van der Waals surface area contributed by atoms with E-state index in [1.54, 1.807) is 7.05 Å². The highest BCUT2D eigenvalue weighted by Crippen LogP contribution is 2.23. The van der Waals surface area contributed by atoms with Crippen LogP contribution < -0.4 is 0 Å². The molecule has 0 bridgehead atoms. The number of amides is 1. The minimum Gasteiger partial charge on any atom is -0.389 e. The number of aryl methyl sites for hydroxylation is 2. The number of likely N-dealkylation sites (N-methyl/N-ethyl adjacent to an activating group) is 1. The van der Waals surface area contributed by atoms with Crippen molar-refractivity contribution in [2.45, 2.75) is 26.4 Å². The lowest BCUT2D eigenvalue weighted by Crippen LogP contribution is -2.35. The topological polar surface area (TPSA) is 49.8 Å². The van der Waals surface area contributed by atoms with Crippen LogP contribution in [-0.4, -0.2) is 49.3 Å². The molecule has 0 fully saturated rings. The summed E-state index contributed by atoms with van der Waals surface area (Å²) < 4.78 is 4.85. The Balaban J connectivity index is 2.67. The molecule has 0 aliphatic rings. The highest BCUT2D eigenvalue weighted by Gasteiger charge is 2.18. The standard InChI is InChI=1S/C13H21NO3S/c1-5-11-9(2)6-12(18-11)13(16)14(3)7-10(15)8-17-4/h6,10,15H,5,7-8H2,1-4H3. The maximum atomic E-state index is 12.2. The van der Waals surface area contributed by atoms with Crippen molar-refractivity contribution < 1.29 is 14.6 Å². The summed E-state index contributed by atoms with van der Waals surface area (Å²) in [6.07, 6.45) is 0.301. The highest BCUT2D eigenvalue weighted by atomic mass is 32.1. The van der Waals surface area contributed by atoms with Gasteiger partial charge in [0.05, 0.1) is 17.6 Å². The summed E-state index contributed by atoms with van der Waals surface area (Å²) in [4.78, 5) is 15.7. The number of hydrogen-bond acceptors (Lipinski definition) is 4. The van der Waals surface area contributed by atoms with Gasteiger partial charge in [-0.15, -0.1) is 11.3 Å². The van der Waals surface area contributed by atoms with Gasteiger partial charge in [0.15, 0.2) is 0 Å². The number of rotatable bonds is 6. The smallest absolute Gasteiger partial charge is 0.263 e. The number of hydrogen-bond donors (Lipinski definition) is 1. The van der Waals surface area contributed by atoms with Gasteiger partial charge in [0.1, 0.15) is 0 Å². The lowest BCUT2D eigenvalue weighted by atomic mass is 10.2. The molecule has 1 atom stereocenters. The van der Waals surface area contributed by atoms with Crippen molar-refractivity contribution >= 4 is 17.2 Å². The maximum Gasteiger partial charge on any atom is 0.263 e. The minimum atomic E-state index is -0.643. The maximum absolute atomic E-state index is 12.2. The van der Waals surface area contributed by atoms with Crippen LogP contribution in [-0.2, 0) is 11.2 Å². The molecule has 1 heterocycles. The van der Waals surface area contributed by atoms with Gasteiger partial charge >= 0.3 is 0 Å². The Morgan fingerprint density at radius 2 is 2.28 bits per heavy atom. The number of methoxy groups -OCH3 is 1. The fourth-order valence-electron chi connectivity index (χ4n) is 1.81. The molecule has 0 radical (unpaired) electrons. The van der Waals surface area contributed by atoms with Gasteiger partial charge in [0.2, 0.25) is 0 Å². The fraction of sp³-hybridized carbons (Fsp3) is 0.615. The predicted molar refractivity (Wildman–Crippen MR) is 73.3 cm³/mol. The molecule has 1 N–H and O–H groups in total. The van der Waals surface area contributed by atoms with E-state index in [9.17, 15) is 9.90 Å². The highest BCUT2D eigenvalue weighted by molar-refractivity contribution is 7.14. The van der Waals surface area contributed by atoms with E-state index < -0.39 is 6.10 Å². The van der Waals surface area contributed by atoms with E-state index in [4.69, 9.17) is 4.74 Å². The van der Waals surface area contributed by atoms with Gasteiger partial charge in [-0.2, -0.15) is 0 Å². The number of aliphatic hydroxyl groups is 1. The van der Waals surface area contributed by atoms with Gasteiger partial charge in [-0.3, -0.25) is 4.79 Å². The zero-order valence-corrected chi connectivity index (χ0v) is 12.2. The van der Waals surface area contributed by atoms with E-state index in [1.807, 2.05) is 13.0 Å². The molecule has 1 aromatic heterocycles. The Morgan fingerprint density at radius 1 is 1.61 bits per heavy atom. The van der Waals surface area contributed by atoms with E-state index >= 15 is 0 Å². The van der Waals surface area contributed by atoms with Crippen molar-refractivity contribution in [3.63, 3.8) is 0 Å². The fourth-order valence-corrected chi connectivity index (χ4v) is 2.92.